The van der Waals surface area contributed by atoms with Gasteiger partial charge in [0, 0.05) is 22.5 Å². The van der Waals surface area contributed by atoms with Crippen molar-refractivity contribution in [2.24, 2.45) is 0 Å². The number of aromatic amines is 1. The summed E-state index contributed by atoms with van der Waals surface area (Å²) in [5, 5.41) is 12.3. The van der Waals surface area contributed by atoms with Crippen LogP contribution in [-0.2, 0) is 4.74 Å². The first kappa shape index (κ1) is 20.6. The summed E-state index contributed by atoms with van der Waals surface area (Å²) in [6.45, 7) is 4.49. The minimum atomic E-state index is -1.05. The van der Waals surface area contributed by atoms with Crippen LogP contribution in [0.2, 0.25) is 0 Å². The Kier molecular flexibility index (Phi) is 5.73. The molecule has 158 valence electrons. The second-order valence-corrected chi connectivity index (χ2v) is 7.22. The number of hydrogen-bond donors (Lipinski definition) is 2. The van der Waals surface area contributed by atoms with Gasteiger partial charge >= 0.3 is 5.97 Å². The first-order chi connectivity index (χ1) is 15.0. The topological polar surface area (TPSA) is 84.4 Å². The lowest BCUT2D eigenvalue weighted by Gasteiger charge is -2.14. The zero-order valence-electron chi connectivity index (χ0n) is 17.7. The number of pyridine rings is 1. The second kappa shape index (κ2) is 8.62. The van der Waals surface area contributed by atoms with Gasteiger partial charge in [0.25, 0.3) is 0 Å². The lowest BCUT2D eigenvalue weighted by molar-refractivity contribution is 0.0593. The van der Waals surface area contributed by atoms with Gasteiger partial charge in [-0.05, 0) is 43.2 Å². The van der Waals surface area contributed by atoms with Gasteiger partial charge in [0.05, 0.1) is 25.1 Å². The highest BCUT2D eigenvalue weighted by molar-refractivity contribution is 5.93. The number of fused-ring (bicyclic) bond motifs is 1. The lowest BCUT2D eigenvalue weighted by Crippen LogP contribution is -2.09. The van der Waals surface area contributed by atoms with E-state index in [9.17, 15) is 9.90 Å². The molecule has 0 saturated heterocycles. The molecule has 2 heterocycles. The lowest BCUT2D eigenvalue weighted by atomic mass is 9.97. The molecule has 2 N–H and O–H groups in total. The van der Waals surface area contributed by atoms with E-state index in [1.54, 1.807) is 18.2 Å². The van der Waals surface area contributed by atoms with Gasteiger partial charge in [-0.3, -0.25) is 0 Å². The number of carbonyl (C=O) groups is 1. The van der Waals surface area contributed by atoms with Crippen LogP contribution in [0.4, 0.5) is 0 Å². The fourth-order valence-electron chi connectivity index (χ4n) is 3.75. The largest absolute Gasteiger partial charge is 0.494 e. The molecule has 0 aliphatic carbocycles. The SMILES string of the molecule is CCOc1cc2[nH]c(-c3ccccc3)c(C(O)c3cccc(C(=O)OC)n3)c2cc1C. The molecular formula is C25H24N2O4. The van der Waals surface area contributed by atoms with Crippen molar-refractivity contribution in [1.29, 1.82) is 0 Å². The van der Waals surface area contributed by atoms with Crippen LogP contribution in [-0.4, -0.2) is 34.8 Å². The van der Waals surface area contributed by atoms with E-state index in [0.29, 0.717) is 17.9 Å². The van der Waals surface area contributed by atoms with Gasteiger partial charge < -0.3 is 19.6 Å². The van der Waals surface area contributed by atoms with Crippen LogP contribution in [0, 0.1) is 6.92 Å². The third-order valence-corrected chi connectivity index (χ3v) is 5.22. The van der Waals surface area contributed by atoms with Crippen molar-refractivity contribution in [2.75, 3.05) is 13.7 Å². The van der Waals surface area contributed by atoms with E-state index in [4.69, 9.17) is 9.47 Å². The number of aliphatic hydroxyl groups is 1. The minimum absolute atomic E-state index is 0.148. The first-order valence-electron chi connectivity index (χ1n) is 10.1. The monoisotopic (exact) mass is 416 g/mol. The third-order valence-electron chi connectivity index (χ3n) is 5.22. The molecule has 4 rings (SSSR count). The molecule has 1 unspecified atom stereocenters. The summed E-state index contributed by atoms with van der Waals surface area (Å²) in [4.78, 5) is 19.7. The van der Waals surface area contributed by atoms with Gasteiger partial charge in [0.2, 0.25) is 0 Å². The van der Waals surface area contributed by atoms with E-state index in [2.05, 4.69) is 9.97 Å². The Morgan fingerprint density at radius 3 is 2.61 bits per heavy atom. The maximum Gasteiger partial charge on any atom is 0.356 e. The van der Waals surface area contributed by atoms with E-state index < -0.39 is 12.1 Å². The first-order valence-corrected chi connectivity index (χ1v) is 10.1. The van der Waals surface area contributed by atoms with Crippen molar-refractivity contribution >= 4 is 16.9 Å². The number of methoxy groups -OCH3 is 1. The van der Waals surface area contributed by atoms with Crippen LogP contribution < -0.4 is 4.74 Å². The number of carbonyl (C=O) groups excluding carboxylic acids is 1. The summed E-state index contributed by atoms with van der Waals surface area (Å²) in [5.41, 5.74) is 4.77. The van der Waals surface area contributed by atoms with Crippen LogP contribution >= 0.6 is 0 Å². The van der Waals surface area contributed by atoms with Crippen molar-refractivity contribution in [3.8, 4) is 17.0 Å². The van der Waals surface area contributed by atoms with Crippen molar-refractivity contribution < 1.29 is 19.4 Å². The highest BCUT2D eigenvalue weighted by Gasteiger charge is 2.24. The van der Waals surface area contributed by atoms with Crippen LogP contribution in [0.3, 0.4) is 0 Å². The molecule has 2 aromatic heterocycles. The number of aryl methyl sites for hydroxylation is 1. The Morgan fingerprint density at radius 1 is 1.13 bits per heavy atom. The molecule has 6 heteroatoms. The zero-order chi connectivity index (χ0) is 22.0. The molecule has 0 spiro atoms. The average molecular weight is 416 g/mol. The van der Waals surface area contributed by atoms with E-state index in [0.717, 1.165) is 33.5 Å². The quantitative estimate of drug-likeness (QED) is 0.441. The number of aromatic nitrogens is 2. The molecule has 1 atom stereocenters. The van der Waals surface area contributed by atoms with Crippen molar-refractivity contribution in [2.45, 2.75) is 20.0 Å². The molecule has 2 aromatic carbocycles. The highest BCUT2D eigenvalue weighted by atomic mass is 16.5. The number of H-pyrrole nitrogens is 1. The van der Waals surface area contributed by atoms with Crippen LogP contribution in [0.1, 0.15) is 40.3 Å². The molecule has 0 bridgehead atoms. The smallest absolute Gasteiger partial charge is 0.356 e. The van der Waals surface area contributed by atoms with E-state index in [-0.39, 0.29) is 5.69 Å². The van der Waals surface area contributed by atoms with Crippen molar-refractivity contribution in [1.82, 2.24) is 9.97 Å². The molecule has 31 heavy (non-hydrogen) atoms. The van der Waals surface area contributed by atoms with E-state index in [1.807, 2.05) is 56.3 Å². The molecule has 0 aliphatic heterocycles. The van der Waals surface area contributed by atoms with Gasteiger partial charge in [-0.25, -0.2) is 9.78 Å². The minimum Gasteiger partial charge on any atom is -0.494 e. The standard InChI is InChI=1S/C25H24N2O4/c1-4-31-21-14-20-17(13-15(21)2)22(23(27-20)16-9-6-5-7-10-16)24(28)18-11-8-12-19(26-18)25(29)30-3/h5-14,24,27-28H,4H2,1-3H3. The van der Waals surface area contributed by atoms with Gasteiger partial charge in [-0.1, -0.05) is 36.4 Å². The number of aliphatic hydroxyl groups excluding tert-OH is 1. The normalized spacial score (nSPS) is 12.0. The summed E-state index contributed by atoms with van der Waals surface area (Å²) in [6, 6.07) is 18.7. The molecule has 6 nitrogen and oxygen atoms in total. The van der Waals surface area contributed by atoms with Crippen molar-refractivity contribution in [3.05, 3.63) is 83.2 Å². The predicted octanol–water partition coefficient (Wildman–Crippen LogP) is 4.81. The second-order valence-electron chi connectivity index (χ2n) is 7.22. The fraction of sp³-hybridized carbons (Fsp3) is 0.200. The molecule has 0 aliphatic rings. The third kappa shape index (κ3) is 3.90. The summed E-state index contributed by atoms with van der Waals surface area (Å²) < 4.78 is 10.5. The number of esters is 1. The number of hydrogen-bond acceptors (Lipinski definition) is 5. The van der Waals surface area contributed by atoms with Gasteiger partial charge in [-0.2, -0.15) is 0 Å². The molecule has 0 radical (unpaired) electrons. The van der Waals surface area contributed by atoms with Crippen molar-refractivity contribution in [3.63, 3.8) is 0 Å². The number of nitrogens with one attached hydrogen (secondary N) is 1. The van der Waals surface area contributed by atoms with Crippen LogP contribution in [0.25, 0.3) is 22.2 Å². The molecule has 0 saturated carbocycles. The molecular weight excluding hydrogens is 392 g/mol. The molecule has 4 aromatic rings. The summed E-state index contributed by atoms with van der Waals surface area (Å²) in [7, 11) is 1.30. The van der Waals surface area contributed by atoms with E-state index >= 15 is 0 Å². The Balaban J connectivity index is 1.93. The number of benzene rings is 2. The van der Waals surface area contributed by atoms with Gasteiger partial charge in [0.1, 0.15) is 17.5 Å². The summed E-state index contributed by atoms with van der Waals surface area (Å²) >= 11 is 0. The summed E-state index contributed by atoms with van der Waals surface area (Å²) in [5.74, 6) is 0.246. The van der Waals surface area contributed by atoms with E-state index in [1.165, 1.54) is 7.11 Å². The Morgan fingerprint density at radius 2 is 1.90 bits per heavy atom. The Bertz CT molecular complexity index is 1230. The molecule has 0 amide bonds. The number of nitrogens with zero attached hydrogens (tertiary/aromatic N) is 1. The van der Waals surface area contributed by atoms with Gasteiger partial charge in [-0.15, -0.1) is 0 Å². The predicted molar refractivity (Wildman–Crippen MR) is 119 cm³/mol. The van der Waals surface area contributed by atoms with Gasteiger partial charge in [0.15, 0.2) is 0 Å². The average Bonchev–Trinajstić information content (AvgIpc) is 3.17. The maximum absolute atomic E-state index is 11.9. The fourth-order valence-corrected chi connectivity index (χ4v) is 3.75. The maximum atomic E-state index is 11.9. The van der Waals surface area contributed by atoms with Crippen LogP contribution in [0.15, 0.2) is 60.7 Å². The zero-order valence-corrected chi connectivity index (χ0v) is 17.7. The number of ether oxygens (including phenoxy) is 2. The molecule has 0 fully saturated rings. The Hall–Kier alpha value is -3.64. The van der Waals surface area contributed by atoms with Crippen LogP contribution in [0.5, 0.6) is 5.75 Å². The Labute approximate surface area is 180 Å². The highest BCUT2D eigenvalue weighted by Crippen LogP contribution is 2.39. The number of rotatable bonds is 6. The summed E-state index contributed by atoms with van der Waals surface area (Å²) in [6.07, 6.45) is -1.05.